The zero-order valence-corrected chi connectivity index (χ0v) is 12.1. The average Bonchev–Trinajstić information content (AvgIpc) is 2.41. The molecule has 0 atom stereocenters. The summed E-state index contributed by atoms with van der Waals surface area (Å²) in [6, 6.07) is 7.37. The van der Waals surface area contributed by atoms with E-state index in [1.807, 2.05) is 17.0 Å². The van der Waals surface area contributed by atoms with Gasteiger partial charge in [-0.3, -0.25) is 4.79 Å². The van der Waals surface area contributed by atoms with E-state index in [2.05, 4.69) is 5.32 Å². The van der Waals surface area contributed by atoms with Gasteiger partial charge in [0.2, 0.25) is 5.91 Å². The molecule has 0 bridgehead atoms. The number of hydrogen-bond acceptors (Lipinski definition) is 3. The highest BCUT2D eigenvalue weighted by molar-refractivity contribution is 7.99. The lowest BCUT2D eigenvalue weighted by molar-refractivity contribution is -0.129. The number of alkyl halides is 2. The first-order valence-corrected chi connectivity index (χ1v) is 7.49. The number of anilines is 1. The molecule has 0 unspecified atom stereocenters. The van der Waals surface area contributed by atoms with E-state index in [-0.39, 0.29) is 5.91 Å². The summed E-state index contributed by atoms with van der Waals surface area (Å²) in [5.74, 6) is -2.26. The van der Waals surface area contributed by atoms with Crippen molar-refractivity contribution in [3.63, 3.8) is 0 Å². The number of rotatable bonds is 4. The normalized spacial score (nSPS) is 16.5. The summed E-state index contributed by atoms with van der Waals surface area (Å²) in [4.78, 5) is 13.6. The molecular formula is C14H18F2N2OS. The summed E-state index contributed by atoms with van der Waals surface area (Å²) in [6.07, 6.45) is 1.82. The Hall–Kier alpha value is -1.30. The van der Waals surface area contributed by atoms with Crippen LogP contribution in [0.1, 0.15) is 19.8 Å². The van der Waals surface area contributed by atoms with Gasteiger partial charge in [-0.25, -0.2) is 0 Å². The second-order valence-electron chi connectivity index (χ2n) is 4.83. The summed E-state index contributed by atoms with van der Waals surface area (Å²) in [7, 11) is 0. The van der Waals surface area contributed by atoms with Crippen molar-refractivity contribution < 1.29 is 13.6 Å². The van der Waals surface area contributed by atoms with Gasteiger partial charge >= 0.3 is 0 Å². The molecule has 1 amide bonds. The van der Waals surface area contributed by atoms with Crippen molar-refractivity contribution in [1.29, 1.82) is 0 Å². The Bertz CT molecular complexity index is 445. The topological polar surface area (TPSA) is 32.3 Å². The molecule has 2 rings (SSSR count). The van der Waals surface area contributed by atoms with Crippen molar-refractivity contribution in [3.8, 4) is 0 Å². The second kappa shape index (κ2) is 6.92. The summed E-state index contributed by atoms with van der Waals surface area (Å²) in [5, 5.41) is 3.39. The third-order valence-electron chi connectivity index (χ3n) is 3.39. The van der Waals surface area contributed by atoms with Crippen LogP contribution < -0.4 is 5.32 Å². The molecule has 1 aliphatic rings. The maximum Gasteiger partial charge on any atom is 0.288 e. The molecule has 1 aliphatic heterocycles. The van der Waals surface area contributed by atoms with Gasteiger partial charge in [0, 0.05) is 36.6 Å². The second-order valence-corrected chi connectivity index (χ2v) is 5.89. The monoisotopic (exact) mass is 300 g/mol. The van der Waals surface area contributed by atoms with Gasteiger partial charge in [-0.2, -0.15) is 8.78 Å². The Morgan fingerprint density at radius 1 is 1.30 bits per heavy atom. The fourth-order valence-electron chi connectivity index (χ4n) is 2.31. The molecule has 0 radical (unpaired) electrons. The molecule has 0 saturated carbocycles. The number of likely N-dealkylation sites (tertiary alicyclic amines) is 1. The maximum atomic E-state index is 12.2. The molecule has 1 heterocycles. The Kier molecular flexibility index (Phi) is 5.23. The molecule has 6 heteroatoms. The van der Waals surface area contributed by atoms with Crippen LogP contribution in [0.25, 0.3) is 0 Å². The van der Waals surface area contributed by atoms with Crippen molar-refractivity contribution >= 4 is 23.4 Å². The van der Waals surface area contributed by atoms with E-state index in [1.54, 1.807) is 19.1 Å². The molecule has 1 aromatic rings. The van der Waals surface area contributed by atoms with Crippen LogP contribution in [0.15, 0.2) is 29.2 Å². The summed E-state index contributed by atoms with van der Waals surface area (Å²) in [6.45, 7) is 3.13. The third-order valence-corrected chi connectivity index (χ3v) is 4.11. The highest BCUT2D eigenvalue weighted by atomic mass is 32.2. The maximum absolute atomic E-state index is 12.2. The van der Waals surface area contributed by atoms with Crippen LogP contribution in [-0.4, -0.2) is 35.7 Å². The van der Waals surface area contributed by atoms with Crippen LogP contribution in [0, 0.1) is 0 Å². The molecule has 0 spiro atoms. The van der Waals surface area contributed by atoms with Crippen LogP contribution in [0.5, 0.6) is 0 Å². The SMILES string of the molecule is CC(=O)N1CCC(Nc2ccc(SC(F)F)cc2)CC1. The van der Waals surface area contributed by atoms with Crippen molar-refractivity contribution in [3.05, 3.63) is 24.3 Å². The molecule has 3 nitrogen and oxygen atoms in total. The van der Waals surface area contributed by atoms with E-state index in [0.29, 0.717) is 22.7 Å². The van der Waals surface area contributed by atoms with Crippen LogP contribution >= 0.6 is 11.8 Å². The number of nitrogens with one attached hydrogen (secondary N) is 1. The summed E-state index contributed by atoms with van der Waals surface area (Å²) < 4.78 is 24.4. The van der Waals surface area contributed by atoms with Gasteiger partial charge in [0.25, 0.3) is 5.76 Å². The molecular weight excluding hydrogens is 282 g/mol. The molecule has 1 saturated heterocycles. The van der Waals surface area contributed by atoms with Gasteiger partial charge < -0.3 is 10.2 Å². The predicted octanol–water partition coefficient (Wildman–Crippen LogP) is 3.42. The largest absolute Gasteiger partial charge is 0.382 e. The van der Waals surface area contributed by atoms with Crippen LogP contribution in [0.2, 0.25) is 0 Å². The number of piperidine rings is 1. The number of benzene rings is 1. The molecule has 20 heavy (non-hydrogen) atoms. The van der Waals surface area contributed by atoms with Gasteiger partial charge in [-0.1, -0.05) is 11.8 Å². The minimum Gasteiger partial charge on any atom is -0.382 e. The predicted molar refractivity (Wildman–Crippen MR) is 77.2 cm³/mol. The van der Waals surface area contributed by atoms with Crippen LogP contribution in [0.3, 0.4) is 0 Å². The highest BCUT2D eigenvalue weighted by Crippen LogP contribution is 2.26. The smallest absolute Gasteiger partial charge is 0.288 e. The molecule has 1 fully saturated rings. The van der Waals surface area contributed by atoms with Gasteiger partial charge in [-0.05, 0) is 37.1 Å². The van der Waals surface area contributed by atoms with E-state index in [0.717, 1.165) is 31.6 Å². The zero-order chi connectivity index (χ0) is 14.5. The lowest BCUT2D eigenvalue weighted by atomic mass is 10.0. The standard InChI is InChI=1S/C14H18F2N2OS/c1-10(19)18-8-6-12(7-9-18)17-11-2-4-13(5-3-11)20-14(15)16/h2-5,12,14,17H,6-9H2,1H3. The van der Waals surface area contributed by atoms with E-state index < -0.39 is 5.76 Å². The van der Waals surface area contributed by atoms with Gasteiger partial charge in [-0.15, -0.1) is 0 Å². The number of carbonyl (C=O) groups excluding carboxylic acids is 1. The van der Waals surface area contributed by atoms with Gasteiger partial charge in [0.1, 0.15) is 0 Å². The number of hydrogen-bond donors (Lipinski definition) is 1. The first kappa shape index (κ1) is 15.1. The number of carbonyl (C=O) groups is 1. The van der Waals surface area contributed by atoms with E-state index in [1.165, 1.54) is 0 Å². The van der Waals surface area contributed by atoms with Crippen molar-refractivity contribution in [2.75, 3.05) is 18.4 Å². The lowest BCUT2D eigenvalue weighted by Gasteiger charge is -2.32. The molecule has 0 aliphatic carbocycles. The third kappa shape index (κ3) is 4.37. The minimum atomic E-state index is -2.38. The first-order chi connectivity index (χ1) is 9.54. The van der Waals surface area contributed by atoms with Gasteiger partial charge in [0.05, 0.1) is 0 Å². The Balaban J connectivity index is 1.83. The fraction of sp³-hybridized carbons (Fsp3) is 0.500. The zero-order valence-electron chi connectivity index (χ0n) is 11.3. The highest BCUT2D eigenvalue weighted by Gasteiger charge is 2.20. The number of nitrogens with zero attached hydrogens (tertiary/aromatic N) is 1. The van der Waals surface area contributed by atoms with E-state index in [9.17, 15) is 13.6 Å². The minimum absolute atomic E-state index is 0.122. The Morgan fingerprint density at radius 3 is 2.40 bits per heavy atom. The molecule has 110 valence electrons. The summed E-state index contributed by atoms with van der Waals surface area (Å²) in [5.41, 5.74) is 0.935. The van der Waals surface area contributed by atoms with Crippen molar-refractivity contribution in [2.24, 2.45) is 0 Å². The molecule has 0 aromatic heterocycles. The Morgan fingerprint density at radius 2 is 1.90 bits per heavy atom. The fourth-order valence-corrected chi connectivity index (χ4v) is 2.81. The quantitative estimate of drug-likeness (QED) is 0.865. The van der Waals surface area contributed by atoms with Gasteiger partial charge in [0.15, 0.2) is 0 Å². The van der Waals surface area contributed by atoms with E-state index >= 15 is 0 Å². The summed E-state index contributed by atoms with van der Waals surface area (Å²) >= 11 is 0.551. The molecule has 1 N–H and O–H groups in total. The van der Waals surface area contributed by atoms with Crippen molar-refractivity contribution in [1.82, 2.24) is 4.90 Å². The van der Waals surface area contributed by atoms with Crippen LogP contribution in [0.4, 0.5) is 14.5 Å². The molecule has 1 aromatic carbocycles. The number of amides is 1. The van der Waals surface area contributed by atoms with Crippen molar-refractivity contribution in [2.45, 2.75) is 36.5 Å². The number of thioether (sulfide) groups is 1. The van der Waals surface area contributed by atoms with Crippen LogP contribution in [-0.2, 0) is 4.79 Å². The lowest BCUT2D eigenvalue weighted by Crippen LogP contribution is -2.41. The Labute approximate surface area is 121 Å². The first-order valence-electron chi connectivity index (χ1n) is 6.61. The average molecular weight is 300 g/mol. The van der Waals surface area contributed by atoms with E-state index in [4.69, 9.17) is 0 Å². The number of halogens is 2.